The number of aliphatic hydroxyl groups is 1. The number of unbranched alkanes of at least 4 members (excludes halogenated alkanes) is 2. The Balaban J connectivity index is 0.777. The van der Waals surface area contributed by atoms with Gasteiger partial charge >= 0.3 is 0 Å². The number of thiazole rings is 1. The molecule has 3 aromatic carbocycles. The van der Waals surface area contributed by atoms with Gasteiger partial charge in [0.1, 0.15) is 23.7 Å². The van der Waals surface area contributed by atoms with Gasteiger partial charge in [-0.05, 0) is 86.2 Å². The van der Waals surface area contributed by atoms with E-state index in [4.69, 9.17) is 14.7 Å². The molecule has 4 aliphatic heterocycles. The summed E-state index contributed by atoms with van der Waals surface area (Å²) in [6, 6.07) is 19.2. The molecule has 5 heterocycles. The summed E-state index contributed by atoms with van der Waals surface area (Å²) in [4.78, 5) is 89.3. The topological polar surface area (TPSA) is 213 Å². The Morgan fingerprint density at radius 2 is 1.75 bits per heavy atom. The van der Waals surface area contributed by atoms with Crippen LogP contribution in [0.4, 0.5) is 22.7 Å². The fraction of sp³-hybridized carbons (Fsp3) is 0.429. The number of aryl methyl sites for hydroxylation is 1. The van der Waals surface area contributed by atoms with Crippen molar-refractivity contribution in [3.8, 4) is 16.2 Å². The molecule has 5 amide bonds. The average Bonchev–Trinajstić information content (AvgIpc) is 4.02. The second-order valence-electron chi connectivity index (χ2n) is 20.6. The summed E-state index contributed by atoms with van der Waals surface area (Å²) >= 11 is 1.58. The number of aromatic nitrogens is 1. The number of carbonyl (C=O) groups is 5. The summed E-state index contributed by atoms with van der Waals surface area (Å²) in [5, 5.41) is 22.7. The number of guanidine groups is 1. The highest BCUT2D eigenvalue weighted by molar-refractivity contribution is 7.13. The van der Waals surface area contributed by atoms with E-state index < -0.39 is 23.6 Å². The monoisotopic (exact) mass is 1040 g/mol. The number of anilines is 4. The molecule has 2 fully saturated rings. The van der Waals surface area contributed by atoms with E-state index in [0.717, 1.165) is 78.5 Å². The highest BCUT2D eigenvalue weighted by atomic mass is 32.1. The van der Waals surface area contributed by atoms with Crippen LogP contribution in [0, 0.1) is 18.3 Å². The molecule has 75 heavy (non-hydrogen) atoms. The summed E-state index contributed by atoms with van der Waals surface area (Å²) in [5.41, 5.74) is 7.79. The Morgan fingerprint density at radius 3 is 2.45 bits per heavy atom. The number of likely N-dealkylation sites (tertiary alicyclic amines) is 1. The third kappa shape index (κ3) is 13.2. The van der Waals surface area contributed by atoms with Crippen LogP contribution in [0.2, 0.25) is 0 Å². The van der Waals surface area contributed by atoms with E-state index in [1.54, 1.807) is 53.7 Å². The number of nitrogens with one attached hydrogen (secondary N) is 4. The number of amides is 5. The molecule has 8 rings (SSSR count). The molecule has 1 aromatic heterocycles. The van der Waals surface area contributed by atoms with Crippen LogP contribution in [0.15, 0.2) is 107 Å². The predicted octanol–water partition coefficient (Wildman–Crippen LogP) is 6.53. The summed E-state index contributed by atoms with van der Waals surface area (Å²) in [6.45, 7) is 18.1. The number of aliphatic imine (C=N–C) groups is 2. The van der Waals surface area contributed by atoms with Crippen LogP contribution in [0.1, 0.15) is 71.1 Å². The SMILES string of the molecule is C=CC(=O)Nc1cccc(N2C(=O)C=C(C)C3CN=C(Nc4ccc(N5CCN(CCCCCC(=O)N[C@H](C(=O)N6C[C@H](O)C[C@H]6C(=O)NCc6ccc(-c7scnc7C)cc6)C(C)(C)C)CC5)cc4OC)N=C32)c1. The minimum Gasteiger partial charge on any atom is -0.494 e. The van der Waals surface area contributed by atoms with Crippen LogP contribution in [0.3, 0.4) is 0 Å². The van der Waals surface area contributed by atoms with Gasteiger partial charge in [-0.25, -0.2) is 9.98 Å². The molecule has 396 valence electrons. The van der Waals surface area contributed by atoms with Gasteiger partial charge in [0.2, 0.25) is 29.6 Å². The zero-order chi connectivity index (χ0) is 53.4. The van der Waals surface area contributed by atoms with Gasteiger partial charge < -0.3 is 40.9 Å². The Labute approximate surface area is 443 Å². The van der Waals surface area contributed by atoms with E-state index in [1.807, 2.05) is 82.6 Å². The average molecular weight is 1040 g/mol. The number of methoxy groups -OCH3 is 1. The van der Waals surface area contributed by atoms with Crippen molar-refractivity contribution in [3.05, 3.63) is 108 Å². The maximum Gasteiger partial charge on any atom is 0.256 e. The minimum absolute atomic E-state index is 0.0195. The van der Waals surface area contributed by atoms with Gasteiger partial charge in [0.05, 0.1) is 53.1 Å². The van der Waals surface area contributed by atoms with E-state index in [-0.39, 0.29) is 61.4 Å². The number of carbonyl (C=O) groups excluding carboxylic acids is 5. The first-order chi connectivity index (χ1) is 36.0. The maximum atomic E-state index is 14.1. The van der Waals surface area contributed by atoms with Crippen molar-refractivity contribution in [2.24, 2.45) is 21.3 Å². The Kier molecular flexibility index (Phi) is 17.3. The summed E-state index contributed by atoms with van der Waals surface area (Å²) in [6.07, 6.45) is 4.80. The number of amidine groups is 1. The second kappa shape index (κ2) is 24.0. The maximum absolute atomic E-state index is 14.1. The molecule has 2 saturated heterocycles. The van der Waals surface area contributed by atoms with Crippen molar-refractivity contribution in [3.63, 3.8) is 0 Å². The molecule has 0 bridgehead atoms. The van der Waals surface area contributed by atoms with Crippen LogP contribution < -0.4 is 35.8 Å². The van der Waals surface area contributed by atoms with Crippen molar-refractivity contribution in [1.29, 1.82) is 0 Å². The second-order valence-corrected chi connectivity index (χ2v) is 21.4. The lowest BCUT2D eigenvalue weighted by atomic mass is 9.85. The number of rotatable bonds is 18. The Bertz CT molecular complexity index is 2860. The van der Waals surface area contributed by atoms with Gasteiger partial charge in [-0.15, -0.1) is 11.3 Å². The van der Waals surface area contributed by atoms with Crippen molar-refractivity contribution in [2.45, 2.75) is 91.5 Å². The molecule has 5 N–H and O–H groups in total. The summed E-state index contributed by atoms with van der Waals surface area (Å²) < 4.78 is 5.85. The fourth-order valence-electron chi connectivity index (χ4n) is 9.89. The van der Waals surface area contributed by atoms with E-state index in [1.165, 1.54) is 11.0 Å². The molecule has 18 nitrogen and oxygen atoms in total. The highest BCUT2D eigenvalue weighted by Gasteiger charge is 2.44. The first-order valence-electron chi connectivity index (χ1n) is 25.7. The normalized spacial score (nSPS) is 19.3. The van der Waals surface area contributed by atoms with Gasteiger partial charge in [-0.3, -0.25) is 33.8 Å². The van der Waals surface area contributed by atoms with Gasteiger partial charge in [-0.2, -0.15) is 4.99 Å². The molecule has 0 saturated carbocycles. The lowest BCUT2D eigenvalue weighted by Crippen LogP contribution is -2.57. The van der Waals surface area contributed by atoms with Crippen LogP contribution in [0.5, 0.6) is 5.75 Å². The molecular weight excluding hydrogens is 971 g/mol. The molecular formula is C56H69N11O7S. The van der Waals surface area contributed by atoms with Crippen LogP contribution in [-0.4, -0.2) is 132 Å². The largest absolute Gasteiger partial charge is 0.494 e. The molecule has 4 aliphatic rings. The number of hydrogen-bond acceptors (Lipinski definition) is 14. The number of fused-ring (bicyclic) bond motifs is 1. The zero-order valence-corrected chi connectivity index (χ0v) is 44.5. The third-order valence-corrected chi connectivity index (χ3v) is 15.1. The predicted molar refractivity (Wildman–Crippen MR) is 295 cm³/mol. The van der Waals surface area contributed by atoms with Gasteiger partial charge in [0.25, 0.3) is 5.91 Å². The number of β-amino-alcohol motifs (C(OH)–C–C–N with tert-alkyl or cyclic N) is 1. The first-order valence-corrected chi connectivity index (χ1v) is 26.5. The molecule has 4 aromatic rings. The van der Waals surface area contributed by atoms with Crippen molar-refractivity contribution in [2.75, 3.05) is 73.4 Å². The minimum atomic E-state index is -0.874. The van der Waals surface area contributed by atoms with Crippen LogP contribution >= 0.6 is 11.3 Å². The van der Waals surface area contributed by atoms with E-state index >= 15 is 0 Å². The zero-order valence-electron chi connectivity index (χ0n) is 43.7. The van der Waals surface area contributed by atoms with Crippen molar-refractivity contribution in [1.82, 2.24) is 25.4 Å². The number of piperazine rings is 1. The number of ether oxygens (including phenoxy) is 1. The number of hydrogen-bond donors (Lipinski definition) is 5. The van der Waals surface area contributed by atoms with Gasteiger partial charge in [0, 0.05) is 75.6 Å². The molecule has 19 heteroatoms. The molecule has 0 aliphatic carbocycles. The van der Waals surface area contributed by atoms with Crippen LogP contribution in [0.25, 0.3) is 10.4 Å². The number of benzene rings is 3. The standard InChI is InChI=1S/C56H69N11O7S/c1-8-47(69)60-39-13-12-14-41(28-39)67-49(71)27-35(2)43-32-58-55(63-52(43)67)61-44-21-20-40(29-46(44)74-7)65-25-23-64(24-26-65)22-11-9-10-15-48(70)62-51(56(4,5)6)54(73)66-33-42(68)30-45(66)53(72)57-31-37-16-18-38(19-17-37)50-36(3)59-34-75-50/h8,12-14,16-21,27-29,34,42-43,45,51,68H,1,9-11,15,22-26,30-33H2,2-7H3,(H,57,72)(H,58,61)(H,60,69)(H,62,70)/t42-,43?,45+,51-/m1/s1. The molecule has 0 radical (unpaired) electrons. The van der Waals surface area contributed by atoms with E-state index in [9.17, 15) is 29.1 Å². The van der Waals surface area contributed by atoms with E-state index in [2.05, 4.69) is 42.6 Å². The molecule has 0 spiro atoms. The van der Waals surface area contributed by atoms with Gasteiger partial charge in [0.15, 0.2) is 0 Å². The van der Waals surface area contributed by atoms with Crippen molar-refractivity contribution >= 4 is 75.4 Å². The molecule has 4 atom stereocenters. The smallest absolute Gasteiger partial charge is 0.256 e. The fourth-order valence-corrected chi connectivity index (χ4v) is 10.7. The van der Waals surface area contributed by atoms with Crippen molar-refractivity contribution < 1.29 is 33.8 Å². The Morgan fingerprint density at radius 1 is 0.973 bits per heavy atom. The Hall–Kier alpha value is -7.22. The lowest BCUT2D eigenvalue weighted by molar-refractivity contribution is -0.144. The molecule has 1 unspecified atom stereocenters. The van der Waals surface area contributed by atoms with E-state index in [0.29, 0.717) is 47.6 Å². The number of nitrogens with zero attached hydrogens (tertiary/aromatic N) is 7. The summed E-state index contributed by atoms with van der Waals surface area (Å²) in [5.74, 6) is -0.204. The van der Waals surface area contributed by atoms with Gasteiger partial charge in [-0.1, -0.05) is 69.7 Å². The highest BCUT2D eigenvalue weighted by Crippen LogP contribution is 2.34. The lowest BCUT2D eigenvalue weighted by Gasteiger charge is -2.36. The third-order valence-electron chi connectivity index (χ3n) is 14.1. The first kappa shape index (κ1) is 54.1. The van der Waals surface area contributed by atoms with Crippen LogP contribution in [-0.2, 0) is 30.5 Å². The quantitative estimate of drug-likeness (QED) is 0.0534. The summed E-state index contributed by atoms with van der Waals surface area (Å²) in [7, 11) is 1.62. The number of aliphatic hydroxyl groups excluding tert-OH is 1.